The Morgan fingerprint density at radius 2 is 1.73 bits per heavy atom. The second-order valence-corrected chi connectivity index (χ2v) is 5.65. The van der Waals surface area contributed by atoms with E-state index in [1.807, 2.05) is 24.3 Å². The Bertz CT molecular complexity index is 831. The van der Waals surface area contributed by atoms with E-state index in [0.717, 1.165) is 47.5 Å². The van der Waals surface area contributed by atoms with Crippen molar-refractivity contribution in [1.29, 1.82) is 0 Å². The molecule has 4 rings (SSSR count). The number of hydrogen-bond donors (Lipinski definition) is 0. The molecule has 1 aliphatic rings. The van der Waals surface area contributed by atoms with E-state index in [2.05, 4.69) is 9.55 Å². The summed E-state index contributed by atoms with van der Waals surface area (Å²) in [4.78, 5) is 4.61. The number of imidazole rings is 1. The van der Waals surface area contributed by atoms with Gasteiger partial charge in [0, 0.05) is 18.9 Å². The summed E-state index contributed by atoms with van der Waals surface area (Å²) in [7, 11) is 0. The van der Waals surface area contributed by atoms with E-state index < -0.39 is 11.7 Å². The number of rotatable bonds is 1. The number of benzene rings is 2. The molecule has 0 spiro atoms. The van der Waals surface area contributed by atoms with Crippen LogP contribution < -0.4 is 0 Å². The van der Waals surface area contributed by atoms with Gasteiger partial charge < -0.3 is 4.57 Å². The zero-order valence-corrected chi connectivity index (χ0v) is 11.6. The van der Waals surface area contributed by atoms with Crippen molar-refractivity contribution in [3.8, 4) is 0 Å². The van der Waals surface area contributed by atoms with Crippen LogP contribution in [0, 0.1) is 0 Å². The van der Waals surface area contributed by atoms with Crippen LogP contribution in [0.15, 0.2) is 48.5 Å². The maximum Gasteiger partial charge on any atom is 0.416 e. The van der Waals surface area contributed by atoms with E-state index in [9.17, 15) is 13.2 Å². The number of para-hydroxylation sites is 2. The van der Waals surface area contributed by atoms with Crippen LogP contribution in [0.1, 0.15) is 22.9 Å². The molecule has 112 valence electrons. The minimum absolute atomic E-state index is 0.189. The fourth-order valence-corrected chi connectivity index (χ4v) is 3.16. The van der Waals surface area contributed by atoms with Gasteiger partial charge in [0.2, 0.25) is 0 Å². The first-order valence-corrected chi connectivity index (χ1v) is 7.14. The van der Waals surface area contributed by atoms with Crippen LogP contribution >= 0.6 is 0 Å². The first-order valence-electron chi connectivity index (χ1n) is 7.14. The minimum Gasteiger partial charge on any atom is -0.327 e. The van der Waals surface area contributed by atoms with Gasteiger partial charge in [-0.25, -0.2) is 4.98 Å². The number of nitrogens with zero attached hydrogens (tertiary/aromatic N) is 2. The number of aromatic nitrogens is 2. The molecule has 0 unspecified atom stereocenters. The number of halogens is 3. The SMILES string of the molecule is FC(F)(F)c1ccc([C@H]2Cc3nc4ccccc4n3C2)cc1. The van der Waals surface area contributed by atoms with Gasteiger partial charge in [0.25, 0.3) is 0 Å². The third-order valence-corrected chi connectivity index (χ3v) is 4.27. The maximum absolute atomic E-state index is 12.6. The van der Waals surface area contributed by atoms with Crippen molar-refractivity contribution in [2.24, 2.45) is 0 Å². The van der Waals surface area contributed by atoms with Crippen molar-refractivity contribution in [3.05, 3.63) is 65.5 Å². The summed E-state index contributed by atoms with van der Waals surface area (Å²) in [6.07, 6.45) is -3.52. The summed E-state index contributed by atoms with van der Waals surface area (Å²) < 4.78 is 40.0. The van der Waals surface area contributed by atoms with Gasteiger partial charge in [-0.05, 0) is 29.8 Å². The van der Waals surface area contributed by atoms with Gasteiger partial charge in [0.05, 0.1) is 16.6 Å². The van der Waals surface area contributed by atoms with E-state index in [0.29, 0.717) is 0 Å². The Morgan fingerprint density at radius 1 is 1.00 bits per heavy atom. The Morgan fingerprint density at radius 3 is 2.45 bits per heavy atom. The average molecular weight is 302 g/mol. The van der Waals surface area contributed by atoms with E-state index in [4.69, 9.17) is 0 Å². The van der Waals surface area contributed by atoms with Gasteiger partial charge in [-0.2, -0.15) is 13.2 Å². The highest BCUT2D eigenvalue weighted by Gasteiger charge is 2.31. The monoisotopic (exact) mass is 302 g/mol. The first-order chi connectivity index (χ1) is 10.5. The summed E-state index contributed by atoms with van der Waals surface area (Å²) in [5, 5.41) is 0. The summed E-state index contributed by atoms with van der Waals surface area (Å²) in [5.74, 6) is 1.19. The molecule has 5 heteroatoms. The predicted octanol–water partition coefficient (Wildman–Crippen LogP) is 4.40. The lowest BCUT2D eigenvalue weighted by molar-refractivity contribution is -0.137. The van der Waals surface area contributed by atoms with Crippen molar-refractivity contribution in [3.63, 3.8) is 0 Å². The van der Waals surface area contributed by atoms with E-state index in [1.165, 1.54) is 0 Å². The van der Waals surface area contributed by atoms with Crippen LogP contribution in [0.5, 0.6) is 0 Å². The van der Waals surface area contributed by atoms with Gasteiger partial charge in [-0.15, -0.1) is 0 Å². The van der Waals surface area contributed by atoms with Gasteiger partial charge >= 0.3 is 6.18 Å². The Balaban J connectivity index is 1.63. The lowest BCUT2D eigenvalue weighted by Crippen LogP contribution is -2.06. The van der Waals surface area contributed by atoms with Crippen LogP contribution in [0.3, 0.4) is 0 Å². The second kappa shape index (κ2) is 4.60. The van der Waals surface area contributed by atoms with E-state index in [1.54, 1.807) is 12.1 Å². The topological polar surface area (TPSA) is 17.8 Å². The summed E-state index contributed by atoms with van der Waals surface area (Å²) in [5.41, 5.74) is 2.40. The van der Waals surface area contributed by atoms with Crippen LogP contribution in [0.4, 0.5) is 13.2 Å². The molecular weight excluding hydrogens is 289 g/mol. The van der Waals surface area contributed by atoms with Gasteiger partial charge in [0.15, 0.2) is 0 Å². The van der Waals surface area contributed by atoms with Gasteiger partial charge in [-0.3, -0.25) is 0 Å². The van der Waals surface area contributed by atoms with Crippen molar-refractivity contribution in [2.75, 3.05) is 0 Å². The Labute approximate surface area is 125 Å². The quantitative estimate of drug-likeness (QED) is 0.651. The molecule has 3 aromatic rings. The highest BCUT2D eigenvalue weighted by molar-refractivity contribution is 5.76. The molecule has 0 amide bonds. The summed E-state index contributed by atoms with van der Waals surface area (Å²) in [6, 6.07) is 13.4. The first kappa shape index (κ1) is 13.4. The summed E-state index contributed by atoms with van der Waals surface area (Å²) >= 11 is 0. The summed E-state index contributed by atoms with van der Waals surface area (Å²) in [6.45, 7) is 0.765. The number of fused-ring (bicyclic) bond motifs is 3. The molecule has 22 heavy (non-hydrogen) atoms. The molecule has 0 fully saturated rings. The maximum atomic E-state index is 12.6. The fourth-order valence-electron chi connectivity index (χ4n) is 3.16. The molecule has 1 aliphatic heterocycles. The van der Waals surface area contributed by atoms with Crippen molar-refractivity contribution in [2.45, 2.75) is 25.1 Å². The third kappa shape index (κ3) is 2.08. The van der Waals surface area contributed by atoms with Crippen LogP contribution in [0.2, 0.25) is 0 Å². The fraction of sp³-hybridized carbons (Fsp3) is 0.235. The van der Waals surface area contributed by atoms with Gasteiger partial charge in [-0.1, -0.05) is 24.3 Å². The molecule has 2 nitrogen and oxygen atoms in total. The molecule has 0 bridgehead atoms. The highest BCUT2D eigenvalue weighted by Crippen LogP contribution is 2.34. The van der Waals surface area contributed by atoms with Crippen LogP contribution in [-0.2, 0) is 19.1 Å². The van der Waals surface area contributed by atoms with Crippen molar-refractivity contribution in [1.82, 2.24) is 9.55 Å². The molecule has 1 aromatic heterocycles. The van der Waals surface area contributed by atoms with E-state index >= 15 is 0 Å². The lowest BCUT2D eigenvalue weighted by atomic mass is 9.96. The third-order valence-electron chi connectivity index (χ3n) is 4.27. The molecule has 0 aliphatic carbocycles. The molecule has 2 heterocycles. The van der Waals surface area contributed by atoms with Crippen molar-refractivity contribution >= 4 is 11.0 Å². The standard InChI is InChI=1S/C17H13F3N2/c18-17(19,20)13-7-5-11(6-8-13)12-9-16-21-14-3-1-2-4-15(14)22(16)10-12/h1-8,12H,9-10H2/t12-/m0/s1. The Hall–Kier alpha value is -2.30. The lowest BCUT2D eigenvalue weighted by Gasteiger charge is -2.12. The zero-order chi connectivity index (χ0) is 15.3. The molecule has 0 saturated carbocycles. The molecule has 0 radical (unpaired) electrons. The van der Waals surface area contributed by atoms with Crippen LogP contribution in [0.25, 0.3) is 11.0 Å². The zero-order valence-electron chi connectivity index (χ0n) is 11.6. The second-order valence-electron chi connectivity index (χ2n) is 5.65. The smallest absolute Gasteiger partial charge is 0.327 e. The largest absolute Gasteiger partial charge is 0.416 e. The molecule has 0 N–H and O–H groups in total. The molecule has 0 saturated heterocycles. The van der Waals surface area contributed by atoms with Gasteiger partial charge in [0.1, 0.15) is 5.82 Å². The highest BCUT2D eigenvalue weighted by atomic mass is 19.4. The Kier molecular flexibility index (Phi) is 2.79. The molecule has 1 atom stereocenters. The molecule has 2 aromatic carbocycles. The number of alkyl halides is 3. The van der Waals surface area contributed by atoms with E-state index in [-0.39, 0.29) is 5.92 Å². The minimum atomic E-state index is -4.28. The van der Waals surface area contributed by atoms with Crippen molar-refractivity contribution < 1.29 is 13.2 Å². The molecular formula is C17H13F3N2. The predicted molar refractivity (Wildman–Crippen MR) is 77.6 cm³/mol. The van der Waals surface area contributed by atoms with Crippen LogP contribution in [-0.4, -0.2) is 9.55 Å². The number of hydrogen-bond acceptors (Lipinski definition) is 1. The average Bonchev–Trinajstić information content (AvgIpc) is 3.04. The normalized spacial score (nSPS) is 17.9.